The van der Waals surface area contributed by atoms with Crippen molar-refractivity contribution in [3.8, 4) is 11.3 Å². The summed E-state index contributed by atoms with van der Waals surface area (Å²) in [5.74, 6) is 0.415. The van der Waals surface area contributed by atoms with Crippen molar-refractivity contribution in [3.05, 3.63) is 54.4 Å². The van der Waals surface area contributed by atoms with E-state index in [1.54, 1.807) is 6.20 Å². The molecule has 0 spiro atoms. The number of fused-ring (bicyclic) bond motifs is 1. The summed E-state index contributed by atoms with van der Waals surface area (Å²) in [6.45, 7) is 1.85. The van der Waals surface area contributed by atoms with Crippen molar-refractivity contribution >= 4 is 16.9 Å². The van der Waals surface area contributed by atoms with Crippen molar-refractivity contribution in [2.75, 3.05) is 0 Å². The van der Waals surface area contributed by atoms with Crippen LogP contribution in [0.25, 0.3) is 22.2 Å². The Labute approximate surface area is 122 Å². The molecule has 0 radical (unpaired) electrons. The number of rotatable bonds is 4. The molecular formula is C17H15NO3. The SMILES string of the molecule is CC(CC(=O)O)c1ccc(-c2cccc3cccnc23)o1. The number of carbonyl (C=O) groups is 1. The van der Waals surface area contributed by atoms with Crippen LogP contribution in [-0.2, 0) is 4.79 Å². The van der Waals surface area contributed by atoms with Crippen LogP contribution in [0.3, 0.4) is 0 Å². The highest BCUT2D eigenvalue weighted by atomic mass is 16.4. The van der Waals surface area contributed by atoms with Gasteiger partial charge in [0.2, 0.25) is 0 Å². The predicted octanol–water partition coefficient (Wildman–Crippen LogP) is 4.07. The molecule has 4 heteroatoms. The number of hydrogen-bond donors (Lipinski definition) is 1. The first-order chi connectivity index (χ1) is 10.1. The summed E-state index contributed by atoms with van der Waals surface area (Å²) >= 11 is 0. The summed E-state index contributed by atoms with van der Waals surface area (Å²) < 4.78 is 5.84. The summed E-state index contributed by atoms with van der Waals surface area (Å²) in [7, 11) is 0. The van der Waals surface area contributed by atoms with Crippen molar-refractivity contribution in [1.29, 1.82) is 0 Å². The Kier molecular flexibility index (Phi) is 3.44. The van der Waals surface area contributed by atoms with E-state index in [-0.39, 0.29) is 12.3 Å². The molecule has 0 amide bonds. The first kappa shape index (κ1) is 13.4. The molecule has 0 bridgehead atoms. The molecular weight excluding hydrogens is 266 g/mol. The first-order valence-electron chi connectivity index (χ1n) is 6.81. The Morgan fingerprint density at radius 1 is 1.24 bits per heavy atom. The lowest BCUT2D eigenvalue weighted by atomic mass is 10.1. The summed E-state index contributed by atoms with van der Waals surface area (Å²) in [5, 5.41) is 9.91. The lowest BCUT2D eigenvalue weighted by Gasteiger charge is -2.05. The van der Waals surface area contributed by atoms with Gasteiger partial charge in [-0.2, -0.15) is 0 Å². The Balaban J connectivity index is 2.00. The van der Waals surface area contributed by atoms with Gasteiger partial charge in [-0.1, -0.05) is 25.1 Å². The number of carboxylic acids is 1. The maximum atomic E-state index is 10.8. The number of para-hydroxylation sites is 1. The highest BCUT2D eigenvalue weighted by Gasteiger charge is 2.16. The Morgan fingerprint density at radius 3 is 2.86 bits per heavy atom. The zero-order chi connectivity index (χ0) is 14.8. The minimum absolute atomic E-state index is 0.0563. The standard InChI is InChI=1S/C17H15NO3/c1-11(10-16(19)20)14-7-8-15(21-14)13-6-2-4-12-5-3-9-18-17(12)13/h2-9,11H,10H2,1H3,(H,19,20). The fourth-order valence-electron chi connectivity index (χ4n) is 2.43. The normalized spacial score (nSPS) is 12.4. The quantitative estimate of drug-likeness (QED) is 0.782. The third-order valence-corrected chi connectivity index (χ3v) is 3.49. The molecule has 0 fully saturated rings. The highest BCUT2D eigenvalue weighted by Crippen LogP contribution is 2.31. The van der Waals surface area contributed by atoms with Gasteiger partial charge in [0.1, 0.15) is 11.5 Å². The minimum atomic E-state index is -0.827. The van der Waals surface area contributed by atoms with Crippen LogP contribution in [0.2, 0.25) is 0 Å². The second-order valence-electron chi connectivity index (χ2n) is 5.08. The molecule has 0 aliphatic rings. The molecule has 1 N–H and O–H groups in total. The van der Waals surface area contributed by atoms with Gasteiger partial charge in [0, 0.05) is 23.1 Å². The van der Waals surface area contributed by atoms with Crippen LogP contribution in [0, 0.1) is 0 Å². The van der Waals surface area contributed by atoms with Crippen LogP contribution in [0.4, 0.5) is 0 Å². The average Bonchev–Trinajstić information content (AvgIpc) is 2.95. The molecule has 106 valence electrons. The number of hydrogen-bond acceptors (Lipinski definition) is 3. The van der Waals surface area contributed by atoms with Crippen molar-refractivity contribution in [3.63, 3.8) is 0 Å². The number of pyridine rings is 1. The number of aliphatic carboxylic acids is 1. The van der Waals surface area contributed by atoms with E-state index >= 15 is 0 Å². The smallest absolute Gasteiger partial charge is 0.304 e. The van der Waals surface area contributed by atoms with Crippen molar-refractivity contribution < 1.29 is 14.3 Å². The van der Waals surface area contributed by atoms with Crippen LogP contribution >= 0.6 is 0 Å². The molecule has 2 heterocycles. The summed E-state index contributed by atoms with van der Waals surface area (Å²) in [6.07, 6.45) is 1.81. The Hall–Kier alpha value is -2.62. The van der Waals surface area contributed by atoms with Gasteiger partial charge >= 0.3 is 5.97 Å². The molecule has 0 aliphatic heterocycles. The molecule has 2 aromatic heterocycles. The maximum absolute atomic E-state index is 10.8. The highest BCUT2D eigenvalue weighted by molar-refractivity contribution is 5.92. The van der Waals surface area contributed by atoms with E-state index < -0.39 is 5.97 Å². The third kappa shape index (κ3) is 2.65. The maximum Gasteiger partial charge on any atom is 0.304 e. The lowest BCUT2D eigenvalue weighted by Crippen LogP contribution is -2.01. The largest absolute Gasteiger partial charge is 0.481 e. The Morgan fingerprint density at radius 2 is 2.05 bits per heavy atom. The van der Waals surface area contributed by atoms with E-state index in [1.165, 1.54) is 0 Å². The average molecular weight is 281 g/mol. The molecule has 1 atom stereocenters. The van der Waals surface area contributed by atoms with E-state index in [4.69, 9.17) is 9.52 Å². The number of furan rings is 1. The van der Waals surface area contributed by atoms with Gasteiger partial charge in [-0.15, -0.1) is 0 Å². The topological polar surface area (TPSA) is 63.3 Å². The van der Waals surface area contributed by atoms with Gasteiger partial charge in [-0.05, 0) is 24.3 Å². The zero-order valence-electron chi connectivity index (χ0n) is 11.6. The zero-order valence-corrected chi connectivity index (χ0v) is 11.6. The number of carboxylic acid groups (broad SMARTS) is 1. The molecule has 4 nitrogen and oxygen atoms in total. The predicted molar refractivity (Wildman–Crippen MR) is 80.1 cm³/mol. The molecule has 1 unspecified atom stereocenters. The van der Waals surface area contributed by atoms with Gasteiger partial charge in [0.25, 0.3) is 0 Å². The molecule has 3 aromatic rings. The number of aromatic nitrogens is 1. The van der Waals surface area contributed by atoms with Crippen LogP contribution in [0.15, 0.2) is 53.1 Å². The van der Waals surface area contributed by atoms with Crippen LogP contribution < -0.4 is 0 Å². The van der Waals surface area contributed by atoms with Crippen LogP contribution in [-0.4, -0.2) is 16.1 Å². The number of nitrogens with zero attached hydrogens (tertiary/aromatic N) is 1. The second-order valence-corrected chi connectivity index (χ2v) is 5.08. The van der Waals surface area contributed by atoms with Crippen molar-refractivity contribution in [1.82, 2.24) is 4.98 Å². The first-order valence-corrected chi connectivity index (χ1v) is 6.81. The summed E-state index contributed by atoms with van der Waals surface area (Å²) in [5.41, 5.74) is 1.80. The van der Waals surface area contributed by atoms with Gasteiger partial charge in [0.15, 0.2) is 0 Å². The number of benzene rings is 1. The van der Waals surface area contributed by atoms with Crippen molar-refractivity contribution in [2.45, 2.75) is 19.3 Å². The minimum Gasteiger partial charge on any atom is -0.481 e. The second kappa shape index (κ2) is 5.40. The molecule has 0 saturated heterocycles. The van der Waals surface area contributed by atoms with Gasteiger partial charge in [-0.3, -0.25) is 9.78 Å². The molecule has 0 saturated carbocycles. The summed E-state index contributed by atoms with van der Waals surface area (Å²) in [6, 6.07) is 13.5. The molecule has 3 rings (SSSR count). The molecule has 1 aromatic carbocycles. The monoisotopic (exact) mass is 281 g/mol. The molecule has 21 heavy (non-hydrogen) atoms. The fourth-order valence-corrected chi connectivity index (χ4v) is 2.43. The lowest BCUT2D eigenvalue weighted by molar-refractivity contribution is -0.137. The third-order valence-electron chi connectivity index (χ3n) is 3.49. The Bertz CT molecular complexity index is 786. The van der Waals surface area contributed by atoms with Gasteiger partial charge < -0.3 is 9.52 Å². The van der Waals surface area contributed by atoms with E-state index in [2.05, 4.69) is 4.98 Å². The van der Waals surface area contributed by atoms with E-state index in [0.717, 1.165) is 16.5 Å². The van der Waals surface area contributed by atoms with E-state index in [9.17, 15) is 4.79 Å². The fraction of sp³-hybridized carbons (Fsp3) is 0.176. The summed E-state index contributed by atoms with van der Waals surface area (Å²) in [4.78, 5) is 15.2. The van der Waals surface area contributed by atoms with E-state index in [0.29, 0.717) is 11.5 Å². The van der Waals surface area contributed by atoms with Crippen LogP contribution in [0.5, 0.6) is 0 Å². The van der Waals surface area contributed by atoms with Gasteiger partial charge in [0.05, 0.1) is 11.9 Å². The van der Waals surface area contributed by atoms with Gasteiger partial charge in [-0.25, -0.2) is 0 Å². The van der Waals surface area contributed by atoms with Crippen LogP contribution in [0.1, 0.15) is 25.0 Å². The van der Waals surface area contributed by atoms with Crippen molar-refractivity contribution in [2.24, 2.45) is 0 Å². The molecule has 0 aliphatic carbocycles. The van der Waals surface area contributed by atoms with E-state index in [1.807, 2.05) is 49.4 Å².